The van der Waals surface area contributed by atoms with Crippen LogP contribution in [0.4, 0.5) is 0 Å². The fourth-order valence-corrected chi connectivity index (χ4v) is 3.44. The standard InChI is InChI=1S/C20H20Cl2N2/c1-20(14-24-11-10-23-15-24,12-16-2-6-18(21)7-3-16)13-17-4-8-19(22)9-5-17/h2-11,15H,12-14H2,1H3. The van der Waals surface area contributed by atoms with Crippen LogP contribution in [0.25, 0.3) is 0 Å². The lowest BCUT2D eigenvalue weighted by Crippen LogP contribution is -2.28. The Bertz CT molecular complexity index is 715. The van der Waals surface area contributed by atoms with E-state index in [-0.39, 0.29) is 5.41 Å². The first-order chi connectivity index (χ1) is 11.5. The largest absolute Gasteiger partial charge is 0.337 e. The Labute approximate surface area is 153 Å². The first-order valence-corrected chi connectivity index (χ1v) is 8.73. The summed E-state index contributed by atoms with van der Waals surface area (Å²) >= 11 is 12.0. The Morgan fingerprint density at radius 2 is 1.38 bits per heavy atom. The van der Waals surface area contributed by atoms with Crippen LogP contribution in [0.5, 0.6) is 0 Å². The second-order valence-electron chi connectivity index (χ2n) is 6.65. The Hall–Kier alpha value is -1.77. The van der Waals surface area contributed by atoms with Gasteiger partial charge >= 0.3 is 0 Å². The Kier molecular flexibility index (Phi) is 5.27. The lowest BCUT2D eigenvalue weighted by Gasteiger charge is -2.30. The number of nitrogens with zero attached hydrogens (tertiary/aromatic N) is 2. The summed E-state index contributed by atoms with van der Waals surface area (Å²) in [6, 6.07) is 16.3. The summed E-state index contributed by atoms with van der Waals surface area (Å²) in [6.07, 6.45) is 7.64. The second-order valence-corrected chi connectivity index (χ2v) is 7.53. The van der Waals surface area contributed by atoms with Gasteiger partial charge in [-0.2, -0.15) is 0 Å². The molecule has 1 heterocycles. The molecular formula is C20H20Cl2N2. The quantitative estimate of drug-likeness (QED) is 0.553. The zero-order valence-electron chi connectivity index (χ0n) is 13.6. The Morgan fingerprint density at radius 3 is 1.79 bits per heavy atom. The van der Waals surface area contributed by atoms with E-state index >= 15 is 0 Å². The van der Waals surface area contributed by atoms with Gasteiger partial charge in [-0.1, -0.05) is 54.4 Å². The highest BCUT2D eigenvalue weighted by Gasteiger charge is 2.26. The van der Waals surface area contributed by atoms with Gasteiger partial charge in [0.1, 0.15) is 0 Å². The van der Waals surface area contributed by atoms with Crippen molar-refractivity contribution < 1.29 is 0 Å². The molecule has 3 aromatic rings. The van der Waals surface area contributed by atoms with Crippen LogP contribution in [0, 0.1) is 5.41 Å². The SMILES string of the molecule is CC(Cc1ccc(Cl)cc1)(Cc1ccc(Cl)cc1)Cn1ccnc1. The molecule has 0 atom stereocenters. The second kappa shape index (κ2) is 7.42. The lowest BCUT2D eigenvalue weighted by molar-refractivity contribution is 0.266. The van der Waals surface area contributed by atoms with Gasteiger partial charge in [0.25, 0.3) is 0 Å². The molecule has 0 aliphatic carbocycles. The number of imidazole rings is 1. The molecule has 0 spiro atoms. The van der Waals surface area contributed by atoms with Gasteiger partial charge in [-0.25, -0.2) is 4.98 Å². The molecule has 0 fully saturated rings. The van der Waals surface area contributed by atoms with Crippen LogP contribution in [-0.2, 0) is 19.4 Å². The maximum atomic E-state index is 6.02. The van der Waals surface area contributed by atoms with Gasteiger partial charge in [-0.3, -0.25) is 0 Å². The van der Waals surface area contributed by atoms with E-state index in [2.05, 4.69) is 40.7 Å². The van der Waals surface area contributed by atoms with E-state index in [0.717, 1.165) is 29.4 Å². The van der Waals surface area contributed by atoms with E-state index in [1.54, 1.807) is 0 Å². The minimum Gasteiger partial charge on any atom is -0.337 e. The van der Waals surface area contributed by atoms with Crippen molar-refractivity contribution in [1.29, 1.82) is 0 Å². The van der Waals surface area contributed by atoms with Crippen LogP contribution >= 0.6 is 23.2 Å². The first kappa shape index (κ1) is 17.1. The summed E-state index contributed by atoms with van der Waals surface area (Å²) in [5.41, 5.74) is 2.63. The van der Waals surface area contributed by atoms with Crippen LogP contribution in [0.2, 0.25) is 10.0 Å². The van der Waals surface area contributed by atoms with Crippen molar-refractivity contribution >= 4 is 23.2 Å². The molecule has 3 rings (SSSR count). The summed E-state index contributed by atoms with van der Waals surface area (Å²) in [5.74, 6) is 0. The van der Waals surface area contributed by atoms with Gasteiger partial charge in [0, 0.05) is 29.0 Å². The van der Waals surface area contributed by atoms with E-state index in [4.69, 9.17) is 23.2 Å². The third kappa shape index (κ3) is 4.62. The highest BCUT2D eigenvalue weighted by molar-refractivity contribution is 6.30. The van der Waals surface area contributed by atoms with Crippen LogP contribution < -0.4 is 0 Å². The highest BCUT2D eigenvalue weighted by atomic mass is 35.5. The number of rotatable bonds is 6. The number of halogens is 2. The average Bonchev–Trinajstić information content (AvgIpc) is 3.04. The fourth-order valence-electron chi connectivity index (χ4n) is 3.19. The van der Waals surface area contributed by atoms with Crippen LogP contribution in [0.15, 0.2) is 67.3 Å². The average molecular weight is 359 g/mol. The van der Waals surface area contributed by atoms with E-state index in [1.165, 1.54) is 11.1 Å². The van der Waals surface area contributed by atoms with E-state index in [9.17, 15) is 0 Å². The van der Waals surface area contributed by atoms with Crippen LogP contribution in [0.3, 0.4) is 0 Å². The molecule has 0 saturated carbocycles. The third-order valence-electron chi connectivity index (χ3n) is 4.21. The van der Waals surface area contributed by atoms with Crippen LogP contribution in [0.1, 0.15) is 18.1 Å². The molecule has 0 aliphatic rings. The van der Waals surface area contributed by atoms with Gasteiger partial charge in [-0.15, -0.1) is 0 Å². The molecule has 24 heavy (non-hydrogen) atoms. The number of hydrogen-bond donors (Lipinski definition) is 0. The normalized spacial score (nSPS) is 11.6. The smallest absolute Gasteiger partial charge is 0.0946 e. The topological polar surface area (TPSA) is 17.8 Å². The van der Waals surface area contributed by atoms with Gasteiger partial charge < -0.3 is 4.57 Å². The van der Waals surface area contributed by atoms with Crippen molar-refractivity contribution in [3.63, 3.8) is 0 Å². The summed E-state index contributed by atoms with van der Waals surface area (Å²) in [4.78, 5) is 4.17. The monoisotopic (exact) mass is 358 g/mol. The predicted molar refractivity (Wildman–Crippen MR) is 101 cm³/mol. The first-order valence-electron chi connectivity index (χ1n) is 7.97. The zero-order chi connectivity index (χ0) is 17.0. The number of benzene rings is 2. The molecule has 0 unspecified atom stereocenters. The van der Waals surface area contributed by atoms with Gasteiger partial charge in [0.15, 0.2) is 0 Å². The van der Waals surface area contributed by atoms with E-state index in [0.29, 0.717) is 0 Å². The van der Waals surface area contributed by atoms with Gasteiger partial charge in [0.2, 0.25) is 0 Å². The van der Waals surface area contributed by atoms with Gasteiger partial charge in [0.05, 0.1) is 6.33 Å². The molecule has 2 aromatic carbocycles. The van der Waals surface area contributed by atoms with Gasteiger partial charge in [-0.05, 0) is 53.6 Å². The summed E-state index contributed by atoms with van der Waals surface area (Å²) < 4.78 is 2.14. The molecule has 2 nitrogen and oxygen atoms in total. The zero-order valence-corrected chi connectivity index (χ0v) is 15.1. The number of aromatic nitrogens is 2. The molecule has 0 bridgehead atoms. The molecule has 0 radical (unpaired) electrons. The van der Waals surface area contributed by atoms with Crippen molar-refractivity contribution in [2.24, 2.45) is 5.41 Å². The predicted octanol–water partition coefficient (Wildman–Crippen LogP) is 5.68. The van der Waals surface area contributed by atoms with Crippen molar-refractivity contribution in [2.75, 3.05) is 0 Å². The third-order valence-corrected chi connectivity index (χ3v) is 4.72. The molecule has 0 N–H and O–H groups in total. The fraction of sp³-hybridized carbons (Fsp3) is 0.250. The van der Waals surface area contributed by atoms with Crippen molar-refractivity contribution in [1.82, 2.24) is 9.55 Å². The van der Waals surface area contributed by atoms with Crippen molar-refractivity contribution in [3.05, 3.63) is 88.4 Å². The Balaban J connectivity index is 1.84. The number of hydrogen-bond acceptors (Lipinski definition) is 1. The lowest BCUT2D eigenvalue weighted by atomic mass is 9.78. The van der Waals surface area contributed by atoms with Crippen LogP contribution in [-0.4, -0.2) is 9.55 Å². The molecule has 4 heteroatoms. The van der Waals surface area contributed by atoms with Crippen molar-refractivity contribution in [3.8, 4) is 0 Å². The Morgan fingerprint density at radius 1 is 0.875 bits per heavy atom. The molecule has 124 valence electrons. The molecule has 0 aliphatic heterocycles. The molecule has 0 saturated heterocycles. The summed E-state index contributed by atoms with van der Waals surface area (Å²) in [6.45, 7) is 3.22. The molecular weight excluding hydrogens is 339 g/mol. The molecule has 0 amide bonds. The maximum Gasteiger partial charge on any atom is 0.0946 e. The summed E-state index contributed by atoms with van der Waals surface area (Å²) in [7, 11) is 0. The molecule has 1 aromatic heterocycles. The maximum absolute atomic E-state index is 6.02. The minimum absolute atomic E-state index is 0.0579. The van der Waals surface area contributed by atoms with E-state index < -0.39 is 0 Å². The minimum atomic E-state index is 0.0579. The van der Waals surface area contributed by atoms with E-state index in [1.807, 2.05) is 43.0 Å². The summed E-state index contributed by atoms with van der Waals surface area (Å²) in [5, 5.41) is 1.54. The van der Waals surface area contributed by atoms with Crippen molar-refractivity contribution in [2.45, 2.75) is 26.3 Å². The highest BCUT2D eigenvalue weighted by Crippen LogP contribution is 2.30.